The third kappa shape index (κ3) is 7.20. The van der Waals surface area contributed by atoms with Crippen molar-refractivity contribution in [3.63, 3.8) is 0 Å². The summed E-state index contributed by atoms with van der Waals surface area (Å²) in [5, 5.41) is 13.4. The molecular formula is C29H26F4N2O3S. The first-order chi connectivity index (χ1) is 18.5. The van der Waals surface area contributed by atoms with E-state index in [1.54, 1.807) is 46.9 Å². The molecule has 0 aliphatic carbocycles. The van der Waals surface area contributed by atoms with Gasteiger partial charge in [0.05, 0.1) is 16.9 Å². The van der Waals surface area contributed by atoms with E-state index in [2.05, 4.69) is 5.10 Å². The second-order valence-electron chi connectivity index (χ2n) is 8.98. The van der Waals surface area contributed by atoms with Gasteiger partial charge in [-0.2, -0.15) is 18.3 Å². The highest BCUT2D eigenvalue weighted by atomic mass is 32.2. The van der Waals surface area contributed by atoms with Crippen LogP contribution in [0.5, 0.6) is 5.75 Å². The Labute approximate surface area is 227 Å². The van der Waals surface area contributed by atoms with Crippen LogP contribution >= 0.6 is 11.8 Å². The molecule has 0 fully saturated rings. The number of benzene rings is 3. The summed E-state index contributed by atoms with van der Waals surface area (Å²) < 4.78 is 60.2. The second kappa shape index (κ2) is 11.9. The molecule has 3 aromatic carbocycles. The molecule has 0 saturated heterocycles. The van der Waals surface area contributed by atoms with E-state index in [0.717, 1.165) is 33.8 Å². The standard InChI is InChI=1S/C29H26F4N2O3S/c1-18-15-23(12-14-27(18)38-17-28(36)37)39-19(2)24-16-35(22-10-8-21(9-11-22)29(31,32)33)34-26(24)13-7-20-5-3-4-6-25(20)30/h3-6,8-12,14-16,19H,7,13,17H2,1-2H3,(H,36,37). The van der Waals surface area contributed by atoms with Gasteiger partial charge >= 0.3 is 12.1 Å². The third-order valence-electron chi connectivity index (χ3n) is 6.12. The van der Waals surface area contributed by atoms with Gasteiger partial charge in [0, 0.05) is 21.9 Å². The largest absolute Gasteiger partial charge is 0.482 e. The average Bonchev–Trinajstić information content (AvgIpc) is 3.32. The minimum absolute atomic E-state index is 0.103. The number of aromatic nitrogens is 2. The van der Waals surface area contributed by atoms with Crippen LogP contribution in [0.25, 0.3) is 5.69 Å². The Kier molecular flexibility index (Phi) is 8.64. The molecule has 204 valence electrons. The van der Waals surface area contributed by atoms with Crippen molar-refractivity contribution in [1.82, 2.24) is 9.78 Å². The first kappa shape index (κ1) is 28.2. The molecule has 5 nitrogen and oxygen atoms in total. The Morgan fingerprint density at radius 1 is 1.08 bits per heavy atom. The highest BCUT2D eigenvalue weighted by molar-refractivity contribution is 7.99. The van der Waals surface area contributed by atoms with E-state index in [1.807, 2.05) is 26.0 Å². The number of aryl methyl sites for hydroxylation is 3. The van der Waals surface area contributed by atoms with Crippen LogP contribution in [0.1, 0.15) is 40.1 Å². The monoisotopic (exact) mass is 558 g/mol. The summed E-state index contributed by atoms with van der Waals surface area (Å²) in [5.74, 6) is -0.881. The van der Waals surface area contributed by atoms with Gasteiger partial charge < -0.3 is 9.84 Å². The minimum Gasteiger partial charge on any atom is -0.482 e. The molecule has 0 amide bonds. The SMILES string of the molecule is Cc1cc(SC(C)c2cn(-c3ccc(C(F)(F)F)cc3)nc2CCc2ccccc2F)ccc1OCC(=O)O. The van der Waals surface area contributed by atoms with Crippen LogP contribution in [-0.4, -0.2) is 27.5 Å². The van der Waals surface area contributed by atoms with Crippen LogP contribution in [0.3, 0.4) is 0 Å². The summed E-state index contributed by atoms with van der Waals surface area (Å²) >= 11 is 1.55. The van der Waals surface area contributed by atoms with Crippen LogP contribution in [0, 0.1) is 12.7 Å². The highest BCUT2D eigenvalue weighted by Gasteiger charge is 2.30. The van der Waals surface area contributed by atoms with Gasteiger partial charge in [-0.25, -0.2) is 13.9 Å². The van der Waals surface area contributed by atoms with Gasteiger partial charge in [-0.1, -0.05) is 18.2 Å². The fourth-order valence-electron chi connectivity index (χ4n) is 4.11. The summed E-state index contributed by atoms with van der Waals surface area (Å²) in [6.07, 6.45) is -1.78. The number of hydrogen-bond acceptors (Lipinski definition) is 4. The lowest BCUT2D eigenvalue weighted by Gasteiger charge is -2.14. The van der Waals surface area contributed by atoms with Crippen LogP contribution in [-0.2, 0) is 23.8 Å². The number of alkyl halides is 3. The lowest BCUT2D eigenvalue weighted by Crippen LogP contribution is -2.10. The maximum Gasteiger partial charge on any atom is 0.416 e. The Hall–Kier alpha value is -3.79. The van der Waals surface area contributed by atoms with Crippen molar-refractivity contribution < 1.29 is 32.2 Å². The molecule has 1 N–H and O–H groups in total. The Bertz CT molecular complexity index is 1450. The molecule has 0 aliphatic rings. The normalized spacial score (nSPS) is 12.4. The zero-order valence-electron chi connectivity index (χ0n) is 21.2. The average molecular weight is 559 g/mol. The molecule has 10 heteroatoms. The molecule has 0 bridgehead atoms. The number of aliphatic carboxylic acids is 1. The molecule has 1 heterocycles. The number of carboxylic acids is 1. The number of nitrogens with zero attached hydrogens (tertiary/aromatic N) is 2. The van der Waals surface area contributed by atoms with E-state index in [9.17, 15) is 22.4 Å². The van der Waals surface area contributed by atoms with Crippen LogP contribution in [0.4, 0.5) is 17.6 Å². The lowest BCUT2D eigenvalue weighted by atomic mass is 10.0. The first-order valence-corrected chi connectivity index (χ1v) is 13.0. The summed E-state index contributed by atoms with van der Waals surface area (Å²) in [6, 6.07) is 16.8. The summed E-state index contributed by atoms with van der Waals surface area (Å²) in [6.45, 7) is 3.39. The molecule has 1 atom stereocenters. The molecule has 39 heavy (non-hydrogen) atoms. The van der Waals surface area contributed by atoms with Crippen LogP contribution in [0.15, 0.2) is 77.8 Å². The smallest absolute Gasteiger partial charge is 0.416 e. The minimum atomic E-state index is -4.43. The Balaban J connectivity index is 1.60. The third-order valence-corrected chi connectivity index (χ3v) is 7.25. The Morgan fingerprint density at radius 3 is 2.44 bits per heavy atom. The van der Waals surface area contributed by atoms with E-state index >= 15 is 0 Å². The molecule has 0 radical (unpaired) electrons. The summed E-state index contributed by atoms with van der Waals surface area (Å²) in [7, 11) is 0. The van der Waals surface area contributed by atoms with Gasteiger partial charge in [-0.3, -0.25) is 0 Å². The highest BCUT2D eigenvalue weighted by Crippen LogP contribution is 2.38. The van der Waals surface area contributed by atoms with Gasteiger partial charge in [-0.15, -0.1) is 11.8 Å². The van der Waals surface area contributed by atoms with Crippen molar-refractivity contribution in [3.05, 3.63) is 107 Å². The predicted octanol–water partition coefficient (Wildman–Crippen LogP) is 7.44. The summed E-state index contributed by atoms with van der Waals surface area (Å²) in [4.78, 5) is 11.7. The molecule has 0 spiro atoms. The predicted molar refractivity (Wildman–Crippen MR) is 141 cm³/mol. The van der Waals surface area contributed by atoms with Gasteiger partial charge in [0.25, 0.3) is 0 Å². The van der Waals surface area contributed by atoms with Gasteiger partial charge in [0.2, 0.25) is 0 Å². The molecule has 4 rings (SSSR count). The van der Waals surface area contributed by atoms with Crippen LogP contribution in [0.2, 0.25) is 0 Å². The van der Waals surface area contributed by atoms with Crippen molar-refractivity contribution >= 4 is 17.7 Å². The van der Waals surface area contributed by atoms with E-state index in [4.69, 9.17) is 9.84 Å². The second-order valence-corrected chi connectivity index (χ2v) is 10.4. The number of ether oxygens (including phenoxy) is 1. The quantitative estimate of drug-likeness (QED) is 0.162. The molecule has 0 saturated carbocycles. The van der Waals surface area contributed by atoms with Crippen molar-refractivity contribution in [2.45, 2.75) is 43.0 Å². The fraction of sp³-hybridized carbons (Fsp3) is 0.241. The molecular weight excluding hydrogens is 532 g/mol. The molecule has 4 aromatic rings. The number of hydrogen-bond donors (Lipinski definition) is 1. The molecule has 0 aliphatic heterocycles. The zero-order valence-corrected chi connectivity index (χ0v) is 22.0. The maximum absolute atomic E-state index is 14.2. The van der Waals surface area contributed by atoms with Crippen molar-refractivity contribution in [2.75, 3.05) is 6.61 Å². The van der Waals surface area contributed by atoms with Gasteiger partial charge in [0.15, 0.2) is 6.61 Å². The molecule has 1 aromatic heterocycles. The number of carboxylic acid groups (broad SMARTS) is 1. The van der Waals surface area contributed by atoms with Gasteiger partial charge in [0.1, 0.15) is 11.6 Å². The van der Waals surface area contributed by atoms with Crippen molar-refractivity contribution in [1.29, 1.82) is 0 Å². The van der Waals surface area contributed by atoms with E-state index in [-0.39, 0.29) is 11.1 Å². The number of halogens is 4. The summed E-state index contributed by atoms with van der Waals surface area (Å²) in [5.41, 5.74) is 2.67. The van der Waals surface area contributed by atoms with E-state index in [0.29, 0.717) is 29.8 Å². The van der Waals surface area contributed by atoms with E-state index in [1.165, 1.54) is 18.2 Å². The first-order valence-electron chi connectivity index (χ1n) is 12.1. The zero-order chi connectivity index (χ0) is 28.2. The maximum atomic E-state index is 14.2. The number of carbonyl (C=O) groups is 1. The van der Waals surface area contributed by atoms with Crippen molar-refractivity contribution in [3.8, 4) is 11.4 Å². The number of thioether (sulfide) groups is 1. The van der Waals surface area contributed by atoms with Crippen LogP contribution < -0.4 is 4.74 Å². The number of rotatable bonds is 10. The van der Waals surface area contributed by atoms with E-state index < -0.39 is 24.3 Å². The van der Waals surface area contributed by atoms with Crippen molar-refractivity contribution in [2.24, 2.45) is 0 Å². The lowest BCUT2D eigenvalue weighted by molar-refractivity contribution is -0.139. The molecule has 1 unspecified atom stereocenters. The topological polar surface area (TPSA) is 64.4 Å². The fourth-order valence-corrected chi connectivity index (χ4v) is 5.23. The van der Waals surface area contributed by atoms with Gasteiger partial charge in [-0.05, 0) is 86.3 Å². The Morgan fingerprint density at radius 2 is 1.79 bits per heavy atom.